The number of amides is 6. The van der Waals surface area contributed by atoms with Crippen molar-refractivity contribution in [2.24, 2.45) is 11.8 Å². The second-order valence-electron chi connectivity index (χ2n) is 23.6. The van der Waals surface area contributed by atoms with Crippen molar-refractivity contribution in [1.29, 1.82) is 0 Å². The fraction of sp³-hybridized carbons (Fsp3) is 0.500. The molecule has 0 radical (unpaired) electrons. The van der Waals surface area contributed by atoms with Crippen LogP contribution in [-0.2, 0) is 28.8 Å². The second kappa shape index (κ2) is 27.3. The number of nitrogens with zero attached hydrogens (tertiary/aromatic N) is 6. The van der Waals surface area contributed by atoms with E-state index >= 15 is 0 Å². The minimum absolute atomic E-state index is 0.00257. The minimum atomic E-state index is -0.889. The number of H-pyrrole nitrogens is 2. The summed E-state index contributed by atoms with van der Waals surface area (Å²) in [5.74, 6) is 0.989. The van der Waals surface area contributed by atoms with Gasteiger partial charge in [-0.2, -0.15) is 0 Å². The molecule has 10 rings (SSSR count). The van der Waals surface area contributed by atoms with Crippen molar-refractivity contribution < 1.29 is 33.9 Å². The number of aromatic nitrogens is 4. The van der Waals surface area contributed by atoms with E-state index in [1.807, 2.05) is 105 Å². The minimum Gasteiger partial charge on any atom is -0.395 e. The fourth-order valence-electron chi connectivity index (χ4n) is 12.4. The average molecular weight is 1130 g/mol. The summed E-state index contributed by atoms with van der Waals surface area (Å²) in [5, 5.41) is 21.1. The quantitative estimate of drug-likeness (QED) is 0.0490. The number of aliphatic hydroxyl groups is 1. The van der Waals surface area contributed by atoms with E-state index in [1.165, 1.54) is 0 Å². The molecule has 4 aromatic carbocycles. The van der Waals surface area contributed by atoms with Crippen LogP contribution in [0.5, 0.6) is 0 Å². The Morgan fingerprint density at radius 2 is 0.988 bits per heavy atom. The summed E-state index contributed by atoms with van der Waals surface area (Å²) in [7, 11) is 0. The Bertz CT molecular complexity index is 3220. The first-order chi connectivity index (χ1) is 40.0. The van der Waals surface area contributed by atoms with E-state index in [2.05, 4.69) is 67.6 Å². The lowest BCUT2D eigenvalue weighted by atomic mass is 10.0. The zero-order valence-electron chi connectivity index (χ0n) is 49.2. The highest BCUT2D eigenvalue weighted by Crippen LogP contribution is 2.41. The lowest BCUT2D eigenvalue weighted by Crippen LogP contribution is -2.60. The molecule has 442 valence electrons. The first kappa shape index (κ1) is 60.1. The third-order valence-corrected chi connectivity index (χ3v) is 16.6. The van der Waals surface area contributed by atoms with Crippen LogP contribution in [0.15, 0.2) is 97.1 Å². The van der Waals surface area contributed by atoms with Gasteiger partial charge in [0.05, 0.1) is 52.8 Å². The van der Waals surface area contributed by atoms with Gasteiger partial charge in [0, 0.05) is 68.8 Å². The second-order valence-corrected chi connectivity index (χ2v) is 23.6. The van der Waals surface area contributed by atoms with Crippen LogP contribution in [0, 0.1) is 11.8 Å². The Morgan fingerprint density at radius 1 is 0.566 bits per heavy atom. The van der Waals surface area contributed by atoms with E-state index in [-0.39, 0.29) is 97.7 Å². The number of aromatic amines is 2. The number of carbonyl (C=O) groups excluding carboxylic acids is 6. The summed E-state index contributed by atoms with van der Waals surface area (Å²) in [6.07, 6.45) is 5.31. The monoisotopic (exact) mass is 1130 g/mol. The van der Waals surface area contributed by atoms with Crippen LogP contribution in [0.4, 0.5) is 0 Å². The van der Waals surface area contributed by atoms with Crippen molar-refractivity contribution in [2.45, 2.75) is 148 Å². The number of hydrogen-bond acceptors (Lipinski definition) is 11. The first-order valence-corrected chi connectivity index (χ1v) is 30.0. The van der Waals surface area contributed by atoms with Gasteiger partial charge in [-0.05, 0) is 94.0 Å². The first-order valence-electron chi connectivity index (χ1n) is 30.0. The van der Waals surface area contributed by atoms with E-state index in [4.69, 9.17) is 15.1 Å². The molecule has 0 saturated carbocycles. The molecule has 6 heterocycles. The summed E-state index contributed by atoms with van der Waals surface area (Å²) in [6.45, 7) is 15.6. The standard InChI is InChI=1S/C32H42N6O4.C32H42N6O3/c1-20(2)18-28(40)37-16-14-23-12-13-27(38(23)32(42)26(19-37)35-31(41)21(3)33-15-17-39)30-34-25-11-7-10-24(29(25)36-30)22-8-5-4-6-9-22;1-5-33-21(4)31(40)35-26-19-37(28(39)18-20(2)3)17-16-23-14-15-27(38(23)32(26)41)30-34-25-13-9-12-24(29(25)36-30)22-10-7-6-8-11-22/h4-11,20-21,23,26-27,33,39H,12-19H2,1-3H3,(H,34,36)(H,35,41);6-13,20-21,23,26-27,33H,5,14-19H2,1-4H3,(H,34,36)(H,35,40)/t2*21-,23+,26-,27-/m00/s1. The van der Waals surface area contributed by atoms with Gasteiger partial charge < -0.3 is 55.9 Å². The van der Waals surface area contributed by atoms with Crippen LogP contribution < -0.4 is 21.3 Å². The lowest BCUT2D eigenvalue weighted by molar-refractivity contribution is -0.145. The number of likely N-dealkylation sites (N-methyl/N-ethyl adjacent to an activating group) is 1. The molecule has 4 aliphatic heterocycles. The molecule has 19 heteroatoms. The number of carbonyl (C=O) groups is 6. The molecule has 4 aliphatic rings. The molecule has 0 aliphatic carbocycles. The molecule has 2 aromatic heterocycles. The highest BCUT2D eigenvalue weighted by atomic mass is 16.3. The lowest BCUT2D eigenvalue weighted by Gasteiger charge is -2.39. The van der Waals surface area contributed by atoms with Gasteiger partial charge in [-0.1, -0.05) is 120 Å². The Labute approximate surface area is 487 Å². The number of hydrogen-bond donors (Lipinski definition) is 7. The number of rotatable bonds is 17. The number of benzene rings is 4. The van der Waals surface area contributed by atoms with Gasteiger partial charge in [0.2, 0.25) is 35.4 Å². The summed E-state index contributed by atoms with van der Waals surface area (Å²) in [6, 6.07) is 29.1. The smallest absolute Gasteiger partial charge is 0.247 e. The van der Waals surface area contributed by atoms with E-state index in [0.29, 0.717) is 45.3 Å². The zero-order chi connectivity index (χ0) is 58.9. The van der Waals surface area contributed by atoms with Crippen molar-refractivity contribution in [2.75, 3.05) is 45.9 Å². The maximum atomic E-state index is 14.3. The molecular formula is C64H84N12O7. The Balaban J connectivity index is 0.000000200. The number of fused-ring (bicyclic) bond motifs is 4. The number of aliphatic hydroxyl groups excluding tert-OH is 1. The molecule has 8 atom stereocenters. The van der Waals surface area contributed by atoms with Gasteiger partial charge in [0.1, 0.15) is 23.7 Å². The molecule has 0 spiro atoms. The van der Waals surface area contributed by atoms with Crippen molar-refractivity contribution in [1.82, 2.24) is 60.8 Å². The van der Waals surface area contributed by atoms with Gasteiger partial charge in [0.15, 0.2) is 0 Å². The normalized spacial score (nSPS) is 21.9. The maximum Gasteiger partial charge on any atom is 0.247 e. The van der Waals surface area contributed by atoms with Crippen LogP contribution in [0.25, 0.3) is 44.3 Å². The Kier molecular flexibility index (Phi) is 19.8. The summed E-state index contributed by atoms with van der Waals surface area (Å²) in [4.78, 5) is 105. The topological polar surface area (TPSA) is 241 Å². The zero-order valence-corrected chi connectivity index (χ0v) is 49.2. The third-order valence-electron chi connectivity index (χ3n) is 16.6. The predicted octanol–water partition coefficient (Wildman–Crippen LogP) is 7.02. The maximum absolute atomic E-state index is 14.3. The molecule has 4 saturated heterocycles. The summed E-state index contributed by atoms with van der Waals surface area (Å²) >= 11 is 0. The largest absolute Gasteiger partial charge is 0.395 e. The molecule has 0 bridgehead atoms. The molecule has 7 N–H and O–H groups in total. The van der Waals surface area contributed by atoms with Gasteiger partial charge in [-0.3, -0.25) is 28.8 Å². The predicted molar refractivity (Wildman–Crippen MR) is 321 cm³/mol. The van der Waals surface area contributed by atoms with Gasteiger partial charge in [0.25, 0.3) is 0 Å². The van der Waals surface area contributed by atoms with Crippen molar-refractivity contribution >= 4 is 57.5 Å². The highest BCUT2D eigenvalue weighted by Gasteiger charge is 2.46. The number of nitrogens with one attached hydrogen (secondary N) is 6. The van der Waals surface area contributed by atoms with E-state index in [0.717, 1.165) is 81.7 Å². The molecule has 6 aromatic rings. The van der Waals surface area contributed by atoms with Crippen LogP contribution in [0.1, 0.15) is 124 Å². The molecule has 83 heavy (non-hydrogen) atoms. The fourth-order valence-corrected chi connectivity index (χ4v) is 12.4. The van der Waals surface area contributed by atoms with E-state index in [9.17, 15) is 28.8 Å². The van der Waals surface area contributed by atoms with Gasteiger partial charge in [-0.15, -0.1) is 0 Å². The van der Waals surface area contributed by atoms with E-state index < -0.39 is 24.2 Å². The molecule has 6 amide bonds. The number of imidazole rings is 2. The Hall–Kier alpha value is -7.48. The van der Waals surface area contributed by atoms with Crippen LogP contribution in [0.2, 0.25) is 0 Å². The average Bonchev–Trinajstić information content (AvgIpc) is 4.34. The number of para-hydroxylation sites is 2. The summed E-state index contributed by atoms with van der Waals surface area (Å²) < 4.78 is 0. The van der Waals surface area contributed by atoms with Crippen molar-refractivity contribution in [3.63, 3.8) is 0 Å². The van der Waals surface area contributed by atoms with Crippen molar-refractivity contribution in [3.8, 4) is 22.3 Å². The molecule has 19 nitrogen and oxygen atoms in total. The molecular weight excluding hydrogens is 1050 g/mol. The van der Waals surface area contributed by atoms with Crippen LogP contribution in [0.3, 0.4) is 0 Å². The van der Waals surface area contributed by atoms with E-state index in [1.54, 1.807) is 23.6 Å². The van der Waals surface area contributed by atoms with Gasteiger partial charge >= 0.3 is 0 Å². The highest BCUT2D eigenvalue weighted by molar-refractivity contribution is 5.95. The Morgan fingerprint density at radius 3 is 1.39 bits per heavy atom. The van der Waals surface area contributed by atoms with Crippen LogP contribution in [-0.4, -0.2) is 162 Å². The SMILES string of the molecule is CC(C)CC(=O)N1CC[C@H]2CC[C@@H](c3nc4c(-c5ccccc5)cccc4[nH]3)N2C(=O)[C@@H](NC(=O)[C@H](C)NCCO)C1.CCN[C@@H](C)C(=O)N[C@H]1CN(C(=O)CC(C)C)CC[C@H]2CC[C@@H](c3nc4c(-c5ccccc5)cccc4[nH]3)N2C1=O. The van der Waals surface area contributed by atoms with Crippen molar-refractivity contribution in [3.05, 3.63) is 109 Å². The summed E-state index contributed by atoms with van der Waals surface area (Å²) in [5.41, 5.74) is 7.82. The molecule has 4 fully saturated rings. The van der Waals surface area contributed by atoms with Crippen LogP contribution >= 0.6 is 0 Å². The van der Waals surface area contributed by atoms with Gasteiger partial charge in [-0.25, -0.2) is 9.97 Å². The molecule has 0 unspecified atom stereocenters. The third kappa shape index (κ3) is 14.0.